The number of hydrogen-bond acceptors (Lipinski definition) is 3. The fourth-order valence-corrected chi connectivity index (χ4v) is 4.66. The summed E-state index contributed by atoms with van der Waals surface area (Å²) < 4.78 is 40.6. The molecule has 0 unspecified atom stereocenters. The number of halogens is 1. The van der Waals surface area contributed by atoms with Crippen molar-refractivity contribution in [3.05, 3.63) is 59.9 Å². The summed E-state index contributed by atoms with van der Waals surface area (Å²) in [5.74, 6) is -1.21. The second kappa shape index (κ2) is 6.93. The lowest BCUT2D eigenvalue weighted by atomic mass is 10.2. The Kier molecular flexibility index (Phi) is 4.87. The van der Waals surface area contributed by atoms with Crippen LogP contribution >= 0.6 is 0 Å². The summed E-state index contributed by atoms with van der Waals surface area (Å²) in [5.41, 5.74) is 1.66. The first-order chi connectivity index (χ1) is 11.9. The minimum atomic E-state index is -4.07. The number of anilines is 1. The van der Waals surface area contributed by atoms with Crippen LogP contribution < -0.4 is 5.32 Å². The molecule has 25 heavy (non-hydrogen) atoms. The van der Waals surface area contributed by atoms with E-state index < -0.39 is 32.7 Å². The Morgan fingerprint density at radius 2 is 1.84 bits per heavy atom. The van der Waals surface area contributed by atoms with Crippen LogP contribution in [0.15, 0.2) is 53.4 Å². The molecule has 3 rings (SSSR count). The van der Waals surface area contributed by atoms with Crippen molar-refractivity contribution in [1.82, 2.24) is 4.31 Å². The summed E-state index contributed by atoms with van der Waals surface area (Å²) in [6, 6.07) is 11.6. The lowest BCUT2D eigenvalue weighted by Gasteiger charge is -2.23. The summed E-state index contributed by atoms with van der Waals surface area (Å²) in [7, 11) is -4.07. The first kappa shape index (κ1) is 17.6. The molecule has 1 aliphatic heterocycles. The molecule has 1 heterocycles. The molecule has 0 saturated carbocycles. The second-order valence-electron chi connectivity index (χ2n) is 6.06. The molecule has 0 aromatic heterocycles. The number of nitrogens with zero attached hydrogens (tertiary/aromatic N) is 1. The van der Waals surface area contributed by atoms with E-state index >= 15 is 0 Å². The average Bonchev–Trinajstić information content (AvgIpc) is 3.08. The van der Waals surface area contributed by atoms with Gasteiger partial charge in [-0.1, -0.05) is 29.8 Å². The van der Waals surface area contributed by atoms with E-state index in [4.69, 9.17) is 0 Å². The third-order valence-corrected chi connectivity index (χ3v) is 6.19. The Balaban J connectivity index is 1.83. The second-order valence-corrected chi connectivity index (χ2v) is 7.92. The van der Waals surface area contributed by atoms with Crippen LogP contribution in [0.2, 0.25) is 0 Å². The Bertz CT molecular complexity index is 881. The molecule has 1 fully saturated rings. The van der Waals surface area contributed by atoms with Gasteiger partial charge in [-0.3, -0.25) is 4.79 Å². The number of carbonyl (C=O) groups excluding carboxylic acids is 1. The van der Waals surface area contributed by atoms with Gasteiger partial charge < -0.3 is 5.32 Å². The van der Waals surface area contributed by atoms with E-state index in [1.807, 2.05) is 19.1 Å². The van der Waals surface area contributed by atoms with Gasteiger partial charge in [0.05, 0.1) is 0 Å². The van der Waals surface area contributed by atoms with Crippen molar-refractivity contribution in [3.8, 4) is 0 Å². The first-order valence-electron chi connectivity index (χ1n) is 8.03. The van der Waals surface area contributed by atoms with Crippen LogP contribution in [0.5, 0.6) is 0 Å². The summed E-state index contributed by atoms with van der Waals surface area (Å²) in [4.78, 5) is 12.2. The number of nitrogens with one attached hydrogen (secondary N) is 1. The maximum Gasteiger partial charge on any atom is 0.246 e. The van der Waals surface area contributed by atoms with E-state index in [-0.39, 0.29) is 6.54 Å². The van der Waals surface area contributed by atoms with Gasteiger partial charge >= 0.3 is 0 Å². The third-order valence-electron chi connectivity index (χ3n) is 4.25. The van der Waals surface area contributed by atoms with Gasteiger partial charge in [-0.2, -0.15) is 4.31 Å². The Morgan fingerprint density at radius 3 is 2.52 bits per heavy atom. The highest BCUT2D eigenvalue weighted by Gasteiger charge is 2.40. The van der Waals surface area contributed by atoms with Crippen LogP contribution in [0.3, 0.4) is 0 Å². The van der Waals surface area contributed by atoms with Gasteiger partial charge in [0.25, 0.3) is 0 Å². The molecule has 2 aromatic carbocycles. The quantitative estimate of drug-likeness (QED) is 0.909. The number of benzene rings is 2. The summed E-state index contributed by atoms with van der Waals surface area (Å²) in [6.45, 7) is 2.13. The van der Waals surface area contributed by atoms with Gasteiger partial charge in [-0.25, -0.2) is 12.8 Å². The van der Waals surface area contributed by atoms with E-state index in [9.17, 15) is 17.6 Å². The largest absolute Gasteiger partial charge is 0.325 e. The number of sulfonamides is 1. The fourth-order valence-electron chi connectivity index (χ4n) is 2.93. The molecule has 1 atom stereocenters. The molecule has 1 saturated heterocycles. The summed E-state index contributed by atoms with van der Waals surface area (Å²) in [5, 5.41) is 2.74. The van der Waals surface area contributed by atoms with Crippen LogP contribution in [0, 0.1) is 12.7 Å². The smallest absolute Gasteiger partial charge is 0.246 e. The Hall–Kier alpha value is -2.25. The predicted molar refractivity (Wildman–Crippen MR) is 93.1 cm³/mol. The third kappa shape index (κ3) is 3.57. The van der Waals surface area contributed by atoms with Crippen LogP contribution in [-0.4, -0.2) is 31.2 Å². The maximum atomic E-state index is 13.9. The van der Waals surface area contributed by atoms with Gasteiger partial charge in [0.1, 0.15) is 16.8 Å². The van der Waals surface area contributed by atoms with Crippen molar-refractivity contribution in [2.24, 2.45) is 0 Å². The van der Waals surface area contributed by atoms with Crippen molar-refractivity contribution in [2.75, 3.05) is 11.9 Å². The predicted octanol–water partition coefficient (Wildman–Crippen LogP) is 2.93. The van der Waals surface area contributed by atoms with Gasteiger partial charge in [0.15, 0.2) is 0 Å². The standard InChI is InChI=1S/C18H19FN2O3S/c1-13-8-10-14(11-9-13)20-18(22)16-6-4-12-21(16)25(23,24)17-7-3-2-5-15(17)19/h2-3,5,7-11,16H,4,6,12H2,1H3,(H,20,22)/t16-/m0/s1. The lowest BCUT2D eigenvalue weighted by Crippen LogP contribution is -2.43. The SMILES string of the molecule is Cc1ccc(NC(=O)[C@@H]2CCCN2S(=O)(=O)c2ccccc2F)cc1. The highest BCUT2D eigenvalue weighted by Crippen LogP contribution is 2.28. The summed E-state index contributed by atoms with van der Waals surface area (Å²) >= 11 is 0. The molecule has 0 spiro atoms. The molecule has 5 nitrogen and oxygen atoms in total. The minimum Gasteiger partial charge on any atom is -0.325 e. The molecular formula is C18H19FN2O3S. The normalized spacial score (nSPS) is 18.2. The topological polar surface area (TPSA) is 66.5 Å². The van der Waals surface area contributed by atoms with Crippen LogP contribution in [0.25, 0.3) is 0 Å². The highest BCUT2D eigenvalue weighted by molar-refractivity contribution is 7.89. The van der Waals surface area contributed by atoms with E-state index in [2.05, 4.69) is 5.32 Å². The Morgan fingerprint density at radius 1 is 1.16 bits per heavy atom. The van der Waals surface area contributed by atoms with E-state index in [1.165, 1.54) is 18.2 Å². The highest BCUT2D eigenvalue weighted by atomic mass is 32.2. The van der Waals surface area contributed by atoms with Crippen LogP contribution in [-0.2, 0) is 14.8 Å². The number of hydrogen-bond donors (Lipinski definition) is 1. The van der Waals surface area contributed by atoms with Gasteiger partial charge in [0.2, 0.25) is 15.9 Å². The molecule has 0 bridgehead atoms. The summed E-state index contributed by atoms with van der Waals surface area (Å²) in [6.07, 6.45) is 0.963. The fraction of sp³-hybridized carbons (Fsp3) is 0.278. The monoisotopic (exact) mass is 362 g/mol. The first-order valence-corrected chi connectivity index (χ1v) is 9.47. The minimum absolute atomic E-state index is 0.197. The van der Waals surface area contributed by atoms with E-state index in [0.717, 1.165) is 15.9 Å². The number of rotatable bonds is 4. The van der Waals surface area contributed by atoms with Gasteiger partial charge in [0, 0.05) is 12.2 Å². The molecule has 1 aliphatic rings. The zero-order valence-corrected chi connectivity index (χ0v) is 14.6. The molecule has 1 amide bonds. The van der Waals surface area contributed by atoms with Gasteiger partial charge in [-0.15, -0.1) is 0 Å². The number of carbonyl (C=O) groups is 1. The zero-order valence-electron chi connectivity index (χ0n) is 13.8. The van der Waals surface area contributed by atoms with Crippen LogP contribution in [0.1, 0.15) is 18.4 Å². The Labute approximate surface area is 146 Å². The van der Waals surface area contributed by atoms with E-state index in [0.29, 0.717) is 18.5 Å². The molecule has 132 valence electrons. The van der Waals surface area contributed by atoms with Crippen molar-refractivity contribution >= 4 is 21.6 Å². The maximum absolute atomic E-state index is 13.9. The number of aryl methyl sites for hydroxylation is 1. The van der Waals surface area contributed by atoms with Crippen LogP contribution in [0.4, 0.5) is 10.1 Å². The van der Waals surface area contributed by atoms with Crippen molar-refractivity contribution in [3.63, 3.8) is 0 Å². The molecule has 7 heteroatoms. The van der Waals surface area contributed by atoms with Crippen molar-refractivity contribution in [1.29, 1.82) is 0 Å². The molecule has 0 aliphatic carbocycles. The number of amides is 1. The molecular weight excluding hydrogens is 343 g/mol. The molecule has 1 N–H and O–H groups in total. The lowest BCUT2D eigenvalue weighted by molar-refractivity contribution is -0.119. The van der Waals surface area contributed by atoms with E-state index in [1.54, 1.807) is 12.1 Å². The molecule has 0 radical (unpaired) electrons. The van der Waals surface area contributed by atoms with Gasteiger partial charge in [-0.05, 0) is 44.0 Å². The molecule has 2 aromatic rings. The van der Waals surface area contributed by atoms with Crippen molar-refractivity contribution < 1.29 is 17.6 Å². The average molecular weight is 362 g/mol. The van der Waals surface area contributed by atoms with Crippen molar-refractivity contribution in [2.45, 2.75) is 30.7 Å². The zero-order chi connectivity index (χ0) is 18.0.